The molecule has 0 saturated heterocycles. The van der Waals surface area contributed by atoms with Gasteiger partial charge in [-0.1, -0.05) is 24.3 Å². The Hall–Kier alpha value is -2.64. The van der Waals surface area contributed by atoms with E-state index in [1.165, 1.54) is 11.6 Å². The average Bonchev–Trinajstić information content (AvgIpc) is 3.09. The lowest BCUT2D eigenvalue weighted by Crippen LogP contribution is -2.35. The van der Waals surface area contributed by atoms with E-state index in [-0.39, 0.29) is 23.5 Å². The lowest BCUT2D eigenvalue weighted by atomic mass is 9.64. The van der Waals surface area contributed by atoms with Gasteiger partial charge in [0.1, 0.15) is 5.75 Å². The van der Waals surface area contributed by atoms with Crippen LogP contribution in [0.3, 0.4) is 0 Å². The molecule has 132 valence electrons. The van der Waals surface area contributed by atoms with E-state index >= 15 is 0 Å². The van der Waals surface area contributed by atoms with E-state index in [4.69, 9.17) is 4.65 Å². The monoisotopic (exact) mass is 351 g/mol. The topological polar surface area (TPSA) is 95.9 Å². The van der Waals surface area contributed by atoms with Crippen molar-refractivity contribution in [3.63, 3.8) is 0 Å². The van der Waals surface area contributed by atoms with Crippen LogP contribution in [0.15, 0.2) is 36.4 Å². The third kappa shape index (κ3) is 3.00. The van der Waals surface area contributed by atoms with Crippen molar-refractivity contribution in [1.29, 1.82) is 0 Å². The lowest BCUT2D eigenvalue weighted by molar-refractivity contribution is 0.0693. The second-order valence-corrected chi connectivity index (χ2v) is 6.79. The predicted octanol–water partition coefficient (Wildman–Crippen LogP) is 2.05. The molecule has 0 amide bonds. The number of rotatable bonds is 4. The van der Waals surface area contributed by atoms with Crippen LogP contribution in [0.4, 0.5) is 0 Å². The first-order chi connectivity index (χ1) is 12.5. The summed E-state index contributed by atoms with van der Waals surface area (Å²) in [5.41, 5.74) is 3.69. The number of hydrogen-bond donors (Lipinski definition) is 3. The van der Waals surface area contributed by atoms with E-state index in [2.05, 4.69) is 5.32 Å². The molecule has 0 spiro atoms. The minimum atomic E-state index is -1.21. The number of carboxylic acid groups (broad SMARTS) is 1. The van der Waals surface area contributed by atoms with E-state index in [0.29, 0.717) is 17.5 Å². The van der Waals surface area contributed by atoms with Crippen LogP contribution < -0.4 is 9.97 Å². The molecule has 0 bridgehead atoms. The number of carboxylic acids is 1. The third-order valence-corrected chi connectivity index (χ3v) is 5.06. The fourth-order valence-electron chi connectivity index (χ4n) is 3.65. The minimum absolute atomic E-state index is 0.0254. The van der Waals surface area contributed by atoms with Crippen molar-refractivity contribution in [2.75, 3.05) is 0 Å². The van der Waals surface area contributed by atoms with E-state index in [9.17, 15) is 19.7 Å². The van der Waals surface area contributed by atoms with E-state index < -0.39 is 18.9 Å². The zero-order chi connectivity index (χ0) is 18.3. The molecule has 0 radical (unpaired) electrons. The van der Waals surface area contributed by atoms with Gasteiger partial charge in [-0.3, -0.25) is 4.79 Å². The molecule has 2 aliphatic heterocycles. The number of carbonyl (C=O) groups is 2. The molecule has 0 aliphatic carbocycles. The Labute approximate surface area is 150 Å². The Morgan fingerprint density at radius 3 is 2.77 bits per heavy atom. The third-order valence-electron chi connectivity index (χ3n) is 5.06. The van der Waals surface area contributed by atoms with Crippen LogP contribution in [0.5, 0.6) is 5.75 Å². The summed E-state index contributed by atoms with van der Waals surface area (Å²) in [6.07, 6.45) is 0.542. The van der Waals surface area contributed by atoms with Gasteiger partial charge in [-0.25, -0.2) is 4.79 Å². The van der Waals surface area contributed by atoms with Crippen molar-refractivity contribution >= 4 is 18.9 Å². The minimum Gasteiger partial charge on any atom is -0.535 e. The molecule has 0 unspecified atom stereocenters. The van der Waals surface area contributed by atoms with Crippen molar-refractivity contribution < 1.29 is 24.4 Å². The van der Waals surface area contributed by atoms with Crippen LogP contribution in [-0.4, -0.2) is 29.0 Å². The Bertz CT molecular complexity index is 897. The second kappa shape index (κ2) is 6.59. The Morgan fingerprint density at radius 1 is 1.15 bits per heavy atom. The maximum atomic E-state index is 12.7. The number of nitrogens with one attached hydrogen (secondary N) is 1. The van der Waals surface area contributed by atoms with Gasteiger partial charge >= 0.3 is 13.1 Å². The summed E-state index contributed by atoms with van der Waals surface area (Å²) in [6.45, 7) is 1.58. The molecule has 0 fully saturated rings. The van der Waals surface area contributed by atoms with Crippen molar-refractivity contribution in [3.05, 3.63) is 64.2 Å². The van der Waals surface area contributed by atoms with E-state index in [1.54, 1.807) is 12.1 Å². The molecule has 6 nitrogen and oxygen atoms in total. The van der Waals surface area contributed by atoms with Crippen molar-refractivity contribution in [2.24, 2.45) is 0 Å². The summed E-state index contributed by atoms with van der Waals surface area (Å²) in [4.78, 5) is 24.0. The number of hydrogen-bond acceptors (Lipinski definition) is 5. The molecule has 2 aromatic carbocycles. The molecule has 2 aliphatic rings. The molecular formula is C19H18BNO5. The fourth-order valence-corrected chi connectivity index (χ4v) is 3.65. The number of carbonyl (C=O) groups excluding carboxylic acids is 1. The van der Waals surface area contributed by atoms with E-state index in [0.717, 1.165) is 18.7 Å². The van der Waals surface area contributed by atoms with Crippen LogP contribution in [-0.2, 0) is 19.5 Å². The SMILES string of the molecule is O=C(C[C@H]1Cc2cccc(C(=O)O)c2OB1O)c1ccc2c(c1)CNC2. The summed E-state index contributed by atoms with van der Waals surface area (Å²) in [5.74, 6) is -1.37. The van der Waals surface area contributed by atoms with Gasteiger partial charge in [0.25, 0.3) is 0 Å². The quantitative estimate of drug-likeness (QED) is 0.576. The zero-order valence-corrected chi connectivity index (χ0v) is 14.1. The highest BCUT2D eigenvalue weighted by atomic mass is 16.5. The highest BCUT2D eigenvalue weighted by molar-refractivity contribution is 6.47. The number of benzene rings is 2. The van der Waals surface area contributed by atoms with E-state index in [1.807, 2.05) is 18.2 Å². The molecule has 1 atom stereocenters. The molecule has 0 saturated carbocycles. The number of aromatic carboxylic acids is 1. The van der Waals surface area contributed by atoms with Gasteiger partial charge in [0.2, 0.25) is 0 Å². The first-order valence-electron chi connectivity index (χ1n) is 8.58. The van der Waals surface area contributed by atoms with Crippen molar-refractivity contribution in [1.82, 2.24) is 5.32 Å². The number of fused-ring (bicyclic) bond motifs is 2. The average molecular weight is 351 g/mol. The smallest absolute Gasteiger partial charge is 0.526 e. The maximum absolute atomic E-state index is 12.7. The summed E-state index contributed by atoms with van der Waals surface area (Å²) in [6, 6.07) is 10.6. The van der Waals surface area contributed by atoms with Crippen molar-refractivity contribution in [2.45, 2.75) is 31.7 Å². The Balaban J connectivity index is 1.53. The molecule has 7 heteroatoms. The van der Waals surface area contributed by atoms with Gasteiger partial charge in [0.05, 0.1) is 5.56 Å². The van der Waals surface area contributed by atoms with Crippen LogP contribution in [0.2, 0.25) is 5.82 Å². The summed E-state index contributed by atoms with van der Waals surface area (Å²) in [5, 5.41) is 22.8. The molecule has 2 aromatic rings. The largest absolute Gasteiger partial charge is 0.535 e. The molecule has 26 heavy (non-hydrogen) atoms. The fraction of sp³-hybridized carbons (Fsp3) is 0.263. The number of ketones is 1. The molecule has 2 heterocycles. The van der Waals surface area contributed by atoms with Gasteiger partial charge in [-0.2, -0.15) is 0 Å². The highest BCUT2D eigenvalue weighted by Gasteiger charge is 2.38. The normalized spacial score (nSPS) is 18.0. The molecule has 0 aromatic heterocycles. The molecular weight excluding hydrogens is 333 g/mol. The zero-order valence-electron chi connectivity index (χ0n) is 14.1. The maximum Gasteiger partial charge on any atom is 0.526 e. The molecule has 4 rings (SSSR count). The predicted molar refractivity (Wildman–Crippen MR) is 95.4 cm³/mol. The van der Waals surface area contributed by atoms with Gasteiger partial charge in [0, 0.05) is 30.9 Å². The number of para-hydroxylation sites is 1. The summed E-state index contributed by atoms with van der Waals surface area (Å²) < 4.78 is 5.46. The van der Waals surface area contributed by atoms with Gasteiger partial charge < -0.3 is 20.1 Å². The summed E-state index contributed by atoms with van der Waals surface area (Å²) in [7, 11) is -1.21. The molecule has 3 N–H and O–H groups in total. The summed E-state index contributed by atoms with van der Waals surface area (Å²) >= 11 is 0. The first-order valence-corrected chi connectivity index (χ1v) is 8.58. The standard InChI is InChI=1S/C19H18BNO5/c22-17(11-4-5-13-9-21-10-14(13)6-11)8-15-7-12-2-1-3-16(19(23)24)18(12)26-20(15)25/h1-6,15,21,25H,7-10H2,(H,23,24)/t15-/m1/s1. The van der Waals surface area contributed by atoms with Gasteiger partial charge in [0.15, 0.2) is 5.78 Å². The van der Waals surface area contributed by atoms with Crippen LogP contribution in [0.1, 0.15) is 43.8 Å². The first kappa shape index (κ1) is 16.8. The van der Waals surface area contributed by atoms with Crippen LogP contribution >= 0.6 is 0 Å². The second-order valence-electron chi connectivity index (χ2n) is 6.79. The Morgan fingerprint density at radius 2 is 1.96 bits per heavy atom. The van der Waals surface area contributed by atoms with Crippen molar-refractivity contribution in [3.8, 4) is 5.75 Å². The van der Waals surface area contributed by atoms with Gasteiger partial charge in [-0.05, 0) is 35.2 Å². The van der Waals surface area contributed by atoms with Crippen LogP contribution in [0.25, 0.3) is 0 Å². The number of Topliss-reactive ketones (excluding diaryl/α,β-unsaturated/α-hetero) is 1. The van der Waals surface area contributed by atoms with Crippen LogP contribution in [0, 0.1) is 0 Å². The van der Waals surface area contributed by atoms with Gasteiger partial charge in [-0.15, -0.1) is 0 Å². The highest BCUT2D eigenvalue weighted by Crippen LogP contribution is 2.36. The Kier molecular flexibility index (Phi) is 4.26. The lowest BCUT2D eigenvalue weighted by Gasteiger charge is -2.28.